The first-order chi connectivity index (χ1) is 6.75. The van der Waals surface area contributed by atoms with Gasteiger partial charge in [-0.3, -0.25) is 0 Å². The first-order valence-corrected chi connectivity index (χ1v) is 5.02. The second kappa shape index (κ2) is 3.84. The van der Waals surface area contributed by atoms with E-state index in [0.717, 1.165) is 19.3 Å². The summed E-state index contributed by atoms with van der Waals surface area (Å²) in [6.45, 7) is 0. The zero-order valence-electron chi connectivity index (χ0n) is 7.71. The Kier molecular flexibility index (Phi) is 2.54. The predicted octanol–water partition coefficient (Wildman–Crippen LogP) is 2.90. The Morgan fingerprint density at radius 3 is 2.79 bits per heavy atom. The van der Waals surface area contributed by atoms with Crippen LogP contribution < -0.4 is 0 Å². The number of aromatic hydroxyl groups is 1. The number of hydrogen-bond donors (Lipinski definition) is 3. The van der Waals surface area contributed by atoms with Gasteiger partial charge in [-0.15, -0.1) is 0 Å². The highest BCUT2D eigenvalue weighted by Gasteiger charge is 2.04. The number of H-pyrrole nitrogens is 2. The van der Waals surface area contributed by atoms with Gasteiger partial charge >= 0.3 is 0 Å². The molecule has 0 fully saturated rings. The lowest BCUT2D eigenvalue weighted by Crippen LogP contribution is -1.87. The Bertz CT molecular complexity index is 439. The summed E-state index contributed by atoms with van der Waals surface area (Å²) in [4.78, 5) is 5.55. The third kappa shape index (κ3) is 1.96. The first kappa shape index (κ1) is 9.27. The normalized spacial score (nSPS) is 19.0. The summed E-state index contributed by atoms with van der Waals surface area (Å²) in [6.07, 6.45) is 9.39. The van der Waals surface area contributed by atoms with Gasteiger partial charge < -0.3 is 15.1 Å². The summed E-state index contributed by atoms with van der Waals surface area (Å²) in [6, 6.07) is 0. The third-order valence-corrected chi connectivity index (χ3v) is 2.47. The van der Waals surface area contributed by atoms with Crippen molar-refractivity contribution in [2.45, 2.75) is 19.3 Å². The summed E-state index contributed by atoms with van der Waals surface area (Å²) in [5.74, 6) is 0.122. The largest absolute Gasteiger partial charge is 0.493 e. The van der Waals surface area contributed by atoms with Crippen LogP contribution in [0.25, 0.3) is 6.08 Å². The Hall–Kier alpha value is -1.29. The molecular formula is C10H12N2OS. The fourth-order valence-electron chi connectivity index (χ4n) is 1.55. The Labute approximate surface area is 87.2 Å². The number of rotatable bonds is 1. The molecule has 0 spiro atoms. The molecule has 0 amide bonds. The van der Waals surface area contributed by atoms with E-state index < -0.39 is 0 Å². The van der Waals surface area contributed by atoms with Crippen LogP contribution in [0.1, 0.15) is 25.0 Å². The summed E-state index contributed by atoms with van der Waals surface area (Å²) in [5.41, 5.74) is 1.99. The molecule has 0 aliphatic heterocycles. The summed E-state index contributed by atoms with van der Waals surface area (Å²) in [5, 5.41) is 9.45. The van der Waals surface area contributed by atoms with Crippen molar-refractivity contribution >= 4 is 18.3 Å². The van der Waals surface area contributed by atoms with Gasteiger partial charge in [-0.25, -0.2) is 0 Å². The second-order valence-electron chi connectivity index (χ2n) is 3.36. The molecule has 2 rings (SSSR count). The summed E-state index contributed by atoms with van der Waals surface area (Å²) in [7, 11) is 0. The fraction of sp³-hybridized carbons (Fsp3) is 0.300. The minimum Gasteiger partial charge on any atom is -0.493 e. The zero-order chi connectivity index (χ0) is 9.97. The molecule has 14 heavy (non-hydrogen) atoms. The zero-order valence-corrected chi connectivity index (χ0v) is 8.53. The van der Waals surface area contributed by atoms with Gasteiger partial charge in [-0.1, -0.05) is 17.7 Å². The molecular weight excluding hydrogens is 196 g/mol. The maximum atomic E-state index is 9.45. The summed E-state index contributed by atoms with van der Waals surface area (Å²) < 4.78 is 0.459. The van der Waals surface area contributed by atoms with Gasteiger partial charge in [0.05, 0.1) is 0 Å². The molecule has 0 atom stereocenters. The van der Waals surface area contributed by atoms with Gasteiger partial charge in [0, 0.05) is 0 Å². The van der Waals surface area contributed by atoms with Crippen molar-refractivity contribution in [1.29, 1.82) is 0 Å². The number of imidazole rings is 1. The quantitative estimate of drug-likeness (QED) is 0.491. The molecule has 3 N–H and O–H groups in total. The molecule has 3 nitrogen and oxygen atoms in total. The van der Waals surface area contributed by atoms with Crippen LogP contribution in [0, 0.1) is 4.77 Å². The van der Waals surface area contributed by atoms with E-state index >= 15 is 0 Å². The number of aromatic nitrogens is 2. The Balaban J connectivity index is 2.28. The van der Waals surface area contributed by atoms with E-state index in [9.17, 15) is 5.11 Å². The van der Waals surface area contributed by atoms with Gasteiger partial charge in [0.2, 0.25) is 5.88 Å². The molecule has 0 radical (unpaired) electrons. The lowest BCUT2D eigenvalue weighted by Gasteiger charge is -2.06. The number of hydrogen-bond acceptors (Lipinski definition) is 2. The van der Waals surface area contributed by atoms with E-state index in [0.29, 0.717) is 10.5 Å². The molecule has 1 aliphatic carbocycles. The molecule has 1 heterocycles. The highest BCUT2D eigenvalue weighted by Crippen LogP contribution is 2.22. The minimum absolute atomic E-state index is 0.122. The average Bonchev–Trinajstić information content (AvgIpc) is 2.47. The van der Waals surface area contributed by atoms with Crippen LogP contribution in [0.4, 0.5) is 0 Å². The van der Waals surface area contributed by atoms with Crippen molar-refractivity contribution in [2.24, 2.45) is 0 Å². The summed E-state index contributed by atoms with van der Waals surface area (Å²) >= 11 is 4.87. The molecule has 74 valence electrons. The van der Waals surface area contributed by atoms with Crippen molar-refractivity contribution < 1.29 is 5.11 Å². The Morgan fingerprint density at radius 1 is 1.36 bits per heavy atom. The molecule has 0 bridgehead atoms. The lowest BCUT2D eigenvalue weighted by atomic mass is 10.0. The van der Waals surface area contributed by atoms with E-state index in [-0.39, 0.29) is 5.88 Å². The van der Waals surface area contributed by atoms with Crippen molar-refractivity contribution in [3.63, 3.8) is 0 Å². The second-order valence-corrected chi connectivity index (χ2v) is 3.77. The lowest BCUT2D eigenvalue weighted by molar-refractivity contribution is 0.455. The molecule has 4 heteroatoms. The first-order valence-electron chi connectivity index (χ1n) is 4.61. The minimum atomic E-state index is 0.122. The van der Waals surface area contributed by atoms with Crippen molar-refractivity contribution in [3.8, 4) is 5.88 Å². The van der Waals surface area contributed by atoms with E-state index in [1.807, 2.05) is 6.08 Å². The van der Waals surface area contributed by atoms with Gasteiger partial charge in [0.1, 0.15) is 5.69 Å². The number of allylic oxidation sites excluding steroid dienone is 3. The highest BCUT2D eigenvalue weighted by molar-refractivity contribution is 7.71. The molecule has 0 saturated heterocycles. The average molecular weight is 208 g/mol. The standard InChI is InChI=1S/C10H12N2OS/c13-9-8(11-10(14)12-9)6-7-4-2-1-3-5-7/h1-2,6,13H,3-5H2,(H2,11,12,14). The molecule has 1 aromatic rings. The van der Waals surface area contributed by atoms with E-state index in [4.69, 9.17) is 12.2 Å². The van der Waals surface area contributed by atoms with Crippen LogP contribution in [-0.2, 0) is 0 Å². The topological polar surface area (TPSA) is 51.8 Å². The monoisotopic (exact) mass is 208 g/mol. The molecule has 1 aliphatic rings. The van der Waals surface area contributed by atoms with Gasteiger partial charge in [-0.05, 0) is 37.6 Å². The van der Waals surface area contributed by atoms with E-state index in [2.05, 4.69) is 22.1 Å². The van der Waals surface area contributed by atoms with Crippen LogP contribution in [0.3, 0.4) is 0 Å². The van der Waals surface area contributed by atoms with Gasteiger partial charge in [0.25, 0.3) is 0 Å². The third-order valence-electron chi connectivity index (χ3n) is 2.26. The van der Waals surface area contributed by atoms with Gasteiger partial charge in [-0.2, -0.15) is 0 Å². The molecule has 0 aromatic carbocycles. The maximum absolute atomic E-state index is 9.45. The highest BCUT2D eigenvalue weighted by atomic mass is 32.1. The van der Waals surface area contributed by atoms with Crippen LogP contribution in [0.5, 0.6) is 5.88 Å². The molecule has 0 unspecified atom stereocenters. The SMILES string of the molecule is Oc1[nH]c(=S)[nH]c1C=C1CC=CCC1. The smallest absolute Gasteiger partial charge is 0.215 e. The van der Waals surface area contributed by atoms with Crippen LogP contribution in [0.2, 0.25) is 0 Å². The van der Waals surface area contributed by atoms with Crippen LogP contribution in [-0.4, -0.2) is 15.1 Å². The Morgan fingerprint density at radius 2 is 2.21 bits per heavy atom. The number of nitrogens with one attached hydrogen (secondary N) is 2. The van der Waals surface area contributed by atoms with Gasteiger partial charge in [0.15, 0.2) is 4.77 Å². The van der Waals surface area contributed by atoms with Crippen LogP contribution >= 0.6 is 12.2 Å². The number of aromatic amines is 2. The van der Waals surface area contributed by atoms with Crippen molar-refractivity contribution in [2.75, 3.05) is 0 Å². The van der Waals surface area contributed by atoms with E-state index in [1.54, 1.807) is 0 Å². The van der Waals surface area contributed by atoms with E-state index in [1.165, 1.54) is 5.57 Å². The molecule has 1 aromatic heterocycles. The van der Waals surface area contributed by atoms with Crippen molar-refractivity contribution in [3.05, 3.63) is 28.2 Å². The fourth-order valence-corrected chi connectivity index (χ4v) is 1.76. The van der Waals surface area contributed by atoms with Crippen LogP contribution in [0.15, 0.2) is 17.7 Å². The predicted molar refractivity (Wildman–Crippen MR) is 58.6 cm³/mol. The van der Waals surface area contributed by atoms with Crippen molar-refractivity contribution in [1.82, 2.24) is 9.97 Å². The maximum Gasteiger partial charge on any atom is 0.215 e. The molecule has 0 saturated carbocycles.